The molecule has 5 nitrogen and oxygen atoms in total. The lowest BCUT2D eigenvalue weighted by atomic mass is 10.2. The molecule has 0 bridgehead atoms. The molecule has 3 aromatic carbocycles. The van der Waals surface area contributed by atoms with Crippen LogP contribution in [0.3, 0.4) is 0 Å². The third-order valence-corrected chi connectivity index (χ3v) is 6.11. The van der Waals surface area contributed by atoms with Gasteiger partial charge in [0.25, 0.3) is 5.91 Å². The van der Waals surface area contributed by atoms with E-state index in [1.54, 1.807) is 47.5 Å². The average molecular weight is 424 g/mol. The van der Waals surface area contributed by atoms with Crippen LogP contribution in [0.1, 0.15) is 10.4 Å². The Morgan fingerprint density at radius 2 is 1.55 bits per heavy atom. The third-order valence-electron chi connectivity index (χ3n) is 4.71. The van der Waals surface area contributed by atoms with Crippen LogP contribution in [0.25, 0.3) is 11.0 Å². The molecule has 146 valence electrons. The van der Waals surface area contributed by atoms with Crippen LogP contribution in [-0.2, 0) is 14.1 Å². The Kier molecular flexibility index (Phi) is 5.22. The van der Waals surface area contributed by atoms with Gasteiger partial charge in [-0.15, -0.1) is 0 Å². The van der Waals surface area contributed by atoms with Crippen molar-refractivity contribution in [1.82, 2.24) is 9.13 Å². The fourth-order valence-electron chi connectivity index (χ4n) is 3.16. The summed E-state index contributed by atoms with van der Waals surface area (Å²) in [4.78, 5) is 27.1. The second-order valence-corrected chi connectivity index (χ2v) is 8.11. The number of rotatable bonds is 4. The Hall–Kier alpha value is -2.96. The summed E-state index contributed by atoms with van der Waals surface area (Å²) in [6, 6.07) is 20.5. The molecule has 0 radical (unpaired) electrons. The molecule has 0 saturated heterocycles. The number of anilines is 1. The number of hydrogen-bond donors (Lipinski definition) is 1. The summed E-state index contributed by atoms with van der Waals surface area (Å²) in [6.07, 6.45) is 0. The molecule has 29 heavy (non-hydrogen) atoms. The van der Waals surface area contributed by atoms with E-state index in [1.807, 2.05) is 42.5 Å². The highest BCUT2D eigenvalue weighted by atomic mass is 35.5. The van der Waals surface area contributed by atoms with Gasteiger partial charge < -0.3 is 5.32 Å². The van der Waals surface area contributed by atoms with Gasteiger partial charge in [-0.1, -0.05) is 53.7 Å². The Labute approximate surface area is 176 Å². The Bertz CT molecular complexity index is 1280. The van der Waals surface area contributed by atoms with Gasteiger partial charge in [0, 0.05) is 23.9 Å². The van der Waals surface area contributed by atoms with E-state index in [9.17, 15) is 9.59 Å². The number of amides is 1. The van der Waals surface area contributed by atoms with Crippen molar-refractivity contribution in [2.45, 2.75) is 9.79 Å². The van der Waals surface area contributed by atoms with Crippen LogP contribution >= 0.6 is 23.4 Å². The van der Waals surface area contributed by atoms with Crippen molar-refractivity contribution < 1.29 is 4.79 Å². The Morgan fingerprint density at radius 3 is 2.24 bits per heavy atom. The molecule has 0 fully saturated rings. The summed E-state index contributed by atoms with van der Waals surface area (Å²) >= 11 is 7.71. The fraction of sp³-hybridized carbons (Fsp3) is 0.0909. The minimum Gasteiger partial charge on any atom is -0.321 e. The average Bonchev–Trinajstić information content (AvgIpc) is 2.93. The maximum absolute atomic E-state index is 12.9. The number of benzene rings is 3. The van der Waals surface area contributed by atoms with Gasteiger partial charge in [0.1, 0.15) is 0 Å². The zero-order valence-electron chi connectivity index (χ0n) is 15.8. The first-order valence-electron chi connectivity index (χ1n) is 8.94. The maximum atomic E-state index is 12.9. The number of hydrogen-bond acceptors (Lipinski definition) is 3. The SMILES string of the molecule is Cn1c(=O)n(C)c2cc(Sc3ccccc3)c(NC(=O)c3ccccc3Cl)cc21. The minimum atomic E-state index is -0.300. The summed E-state index contributed by atoms with van der Waals surface area (Å²) in [5.41, 5.74) is 2.44. The van der Waals surface area contributed by atoms with Gasteiger partial charge in [0.2, 0.25) is 0 Å². The van der Waals surface area contributed by atoms with Crippen LogP contribution in [0.5, 0.6) is 0 Å². The smallest absolute Gasteiger partial charge is 0.321 e. The summed E-state index contributed by atoms with van der Waals surface area (Å²) in [6.45, 7) is 0. The van der Waals surface area contributed by atoms with Crippen LogP contribution in [0, 0.1) is 0 Å². The predicted molar refractivity (Wildman–Crippen MR) is 118 cm³/mol. The normalized spacial score (nSPS) is 11.0. The van der Waals surface area contributed by atoms with Gasteiger partial charge in [0.05, 0.1) is 27.3 Å². The van der Waals surface area contributed by atoms with Crippen molar-refractivity contribution >= 4 is 46.0 Å². The van der Waals surface area contributed by atoms with Crippen molar-refractivity contribution in [3.63, 3.8) is 0 Å². The molecule has 4 aromatic rings. The van der Waals surface area contributed by atoms with E-state index in [4.69, 9.17) is 11.6 Å². The molecule has 1 heterocycles. The van der Waals surface area contributed by atoms with E-state index in [0.717, 1.165) is 20.8 Å². The van der Waals surface area contributed by atoms with Crippen LogP contribution in [0.15, 0.2) is 81.3 Å². The van der Waals surface area contributed by atoms with Gasteiger partial charge in [-0.05, 0) is 36.4 Å². The van der Waals surface area contributed by atoms with Gasteiger partial charge in [0.15, 0.2) is 0 Å². The number of imidazole rings is 1. The largest absolute Gasteiger partial charge is 0.328 e. The lowest BCUT2D eigenvalue weighted by molar-refractivity contribution is 0.102. The molecule has 0 aliphatic rings. The van der Waals surface area contributed by atoms with Crippen LogP contribution in [0.2, 0.25) is 5.02 Å². The second kappa shape index (κ2) is 7.81. The highest BCUT2D eigenvalue weighted by Gasteiger charge is 2.17. The predicted octanol–water partition coefficient (Wildman–Crippen LogP) is 4.93. The first-order valence-corrected chi connectivity index (χ1v) is 10.1. The fourth-order valence-corrected chi connectivity index (χ4v) is 4.32. The first kappa shape index (κ1) is 19.4. The van der Waals surface area contributed by atoms with Crippen molar-refractivity contribution in [1.29, 1.82) is 0 Å². The summed E-state index contributed by atoms with van der Waals surface area (Å²) in [5.74, 6) is -0.300. The second-order valence-electron chi connectivity index (χ2n) is 6.59. The lowest BCUT2D eigenvalue weighted by Crippen LogP contribution is -2.19. The number of carbonyl (C=O) groups excluding carboxylic acids is 1. The maximum Gasteiger partial charge on any atom is 0.328 e. The molecule has 1 amide bonds. The van der Waals surface area contributed by atoms with E-state index in [2.05, 4.69) is 5.32 Å². The topological polar surface area (TPSA) is 56.0 Å². The minimum absolute atomic E-state index is 0.120. The Balaban J connectivity index is 1.83. The molecular weight excluding hydrogens is 406 g/mol. The van der Waals surface area contributed by atoms with Crippen molar-refractivity contribution in [2.24, 2.45) is 14.1 Å². The van der Waals surface area contributed by atoms with E-state index in [-0.39, 0.29) is 11.6 Å². The first-order chi connectivity index (χ1) is 14.0. The monoisotopic (exact) mass is 423 g/mol. The number of halogens is 1. The molecule has 1 N–H and O–H groups in total. The number of aromatic nitrogens is 2. The molecule has 1 aromatic heterocycles. The highest BCUT2D eigenvalue weighted by molar-refractivity contribution is 7.99. The van der Waals surface area contributed by atoms with E-state index in [1.165, 1.54) is 11.8 Å². The summed E-state index contributed by atoms with van der Waals surface area (Å²) in [5, 5.41) is 3.35. The number of carbonyl (C=O) groups is 1. The lowest BCUT2D eigenvalue weighted by Gasteiger charge is -2.13. The van der Waals surface area contributed by atoms with Gasteiger partial charge in [-0.25, -0.2) is 4.79 Å². The van der Waals surface area contributed by atoms with Crippen molar-refractivity contribution in [3.8, 4) is 0 Å². The van der Waals surface area contributed by atoms with E-state index < -0.39 is 0 Å². The molecule has 0 unspecified atom stereocenters. The Morgan fingerprint density at radius 1 is 0.931 bits per heavy atom. The number of aryl methyl sites for hydroxylation is 2. The van der Waals surface area contributed by atoms with Crippen LogP contribution < -0.4 is 11.0 Å². The van der Waals surface area contributed by atoms with Crippen molar-refractivity contribution in [2.75, 3.05) is 5.32 Å². The molecule has 7 heteroatoms. The molecule has 0 aliphatic heterocycles. The molecule has 0 atom stereocenters. The summed E-state index contributed by atoms with van der Waals surface area (Å²) < 4.78 is 3.17. The van der Waals surface area contributed by atoms with Gasteiger partial charge in [-0.3, -0.25) is 13.9 Å². The van der Waals surface area contributed by atoms with Crippen molar-refractivity contribution in [3.05, 3.63) is 87.8 Å². The van der Waals surface area contributed by atoms with E-state index >= 15 is 0 Å². The number of nitrogens with one attached hydrogen (secondary N) is 1. The third kappa shape index (κ3) is 3.69. The van der Waals surface area contributed by atoms with E-state index in [0.29, 0.717) is 16.3 Å². The van der Waals surface area contributed by atoms with Crippen LogP contribution in [-0.4, -0.2) is 15.0 Å². The van der Waals surface area contributed by atoms with Crippen LogP contribution in [0.4, 0.5) is 5.69 Å². The zero-order valence-corrected chi connectivity index (χ0v) is 17.4. The van der Waals surface area contributed by atoms with Gasteiger partial charge >= 0.3 is 5.69 Å². The standard InChI is InChI=1S/C22H18ClN3O2S/c1-25-18-12-17(24-21(27)15-10-6-7-11-16(15)23)20(13-19(18)26(2)22(25)28)29-14-8-4-3-5-9-14/h3-13H,1-2H3,(H,24,27). The highest BCUT2D eigenvalue weighted by Crippen LogP contribution is 2.36. The number of fused-ring (bicyclic) bond motifs is 1. The quantitative estimate of drug-likeness (QED) is 0.506. The number of nitrogens with zero attached hydrogens (tertiary/aromatic N) is 2. The van der Waals surface area contributed by atoms with Gasteiger partial charge in [-0.2, -0.15) is 0 Å². The zero-order chi connectivity index (χ0) is 20.5. The molecule has 0 aliphatic carbocycles. The summed E-state index contributed by atoms with van der Waals surface area (Å²) in [7, 11) is 3.46. The molecular formula is C22H18ClN3O2S. The molecule has 0 saturated carbocycles. The molecule has 4 rings (SSSR count). The molecule has 0 spiro atoms.